The lowest BCUT2D eigenvalue weighted by Gasteiger charge is -2.16. The van der Waals surface area contributed by atoms with Crippen LogP contribution in [0.2, 0.25) is 0 Å². The lowest BCUT2D eigenvalue weighted by Crippen LogP contribution is -1.97. The van der Waals surface area contributed by atoms with Crippen molar-refractivity contribution < 1.29 is 0 Å². The van der Waals surface area contributed by atoms with Gasteiger partial charge in [0.2, 0.25) is 0 Å². The van der Waals surface area contributed by atoms with Crippen LogP contribution in [0.1, 0.15) is 0 Å². The molecule has 0 aliphatic carbocycles. The van der Waals surface area contributed by atoms with Gasteiger partial charge < -0.3 is 0 Å². The molecule has 0 amide bonds. The summed E-state index contributed by atoms with van der Waals surface area (Å²) in [6.45, 7) is 0. The van der Waals surface area contributed by atoms with Crippen LogP contribution in [0.5, 0.6) is 0 Å². The molecule has 0 saturated heterocycles. The van der Waals surface area contributed by atoms with Gasteiger partial charge in [0.05, 0.1) is 11.4 Å². The van der Waals surface area contributed by atoms with Crippen molar-refractivity contribution in [3.8, 4) is 78.4 Å². The first kappa shape index (κ1) is 35.2. The average Bonchev–Trinajstić information content (AvgIpc) is 3.34. The molecular formula is C58H38N2. The highest BCUT2D eigenvalue weighted by molar-refractivity contribution is 6.20. The first-order chi connectivity index (χ1) is 29.7. The number of nitrogens with zero attached hydrogens (tertiary/aromatic N) is 2. The zero-order valence-corrected chi connectivity index (χ0v) is 32.8. The van der Waals surface area contributed by atoms with Crippen LogP contribution in [0, 0.1) is 0 Å². The van der Waals surface area contributed by atoms with Gasteiger partial charge in [-0.15, -0.1) is 0 Å². The lowest BCUT2D eigenvalue weighted by molar-refractivity contribution is 1.18. The predicted octanol–water partition coefficient (Wildman–Crippen LogP) is 15.6. The van der Waals surface area contributed by atoms with Crippen LogP contribution in [-0.4, -0.2) is 9.97 Å². The maximum Gasteiger partial charge on any atom is 0.160 e. The zero-order valence-electron chi connectivity index (χ0n) is 32.8. The van der Waals surface area contributed by atoms with E-state index in [0.717, 1.165) is 61.5 Å². The van der Waals surface area contributed by atoms with E-state index in [4.69, 9.17) is 9.97 Å². The summed E-state index contributed by atoms with van der Waals surface area (Å²) in [5.41, 5.74) is 14.1. The molecule has 0 fully saturated rings. The molecule has 60 heavy (non-hydrogen) atoms. The van der Waals surface area contributed by atoms with E-state index in [1.165, 1.54) is 43.4 Å². The molecule has 0 N–H and O–H groups in total. The molecule has 2 nitrogen and oxygen atoms in total. The van der Waals surface area contributed by atoms with E-state index in [9.17, 15) is 0 Å². The van der Waals surface area contributed by atoms with Gasteiger partial charge in [0.25, 0.3) is 0 Å². The van der Waals surface area contributed by atoms with Crippen LogP contribution in [0.3, 0.4) is 0 Å². The fourth-order valence-electron chi connectivity index (χ4n) is 8.73. The van der Waals surface area contributed by atoms with E-state index in [1.54, 1.807) is 0 Å². The summed E-state index contributed by atoms with van der Waals surface area (Å²) in [4.78, 5) is 10.6. The normalized spacial score (nSPS) is 11.3. The van der Waals surface area contributed by atoms with Crippen molar-refractivity contribution in [2.24, 2.45) is 0 Å². The Labute approximate surface area is 349 Å². The largest absolute Gasteiger partial charge is 0.228 e. The van der Waals surface area contributed by atoms with Crippen LogP contribution < -0.4 is 0 Å². The molecule has 1 aromatic heterocycles. The van der Waals surface area contributed by atoms with E-state index >= 15 is 0 Å². The minimum absolute atomic E-state index is 0.690. The van der Waals surface area contributed by atoms with E-state index in [2.05, 4.69) is 212 Å². The van der Waals surface area contributed by atoms with Gasteiger partial charge in [-0.25, -0.2) is 9.97 Å². The predicted molar refractivity (Wildman–Crippen MR) is 253 cm³/mol. The fraction of sp³-hybridized carbons (Fsp3) is 0. The Morgan fingerprint density at radius 3 is 1.53 bits per heavy atom. The van der Waals surface area contributed by atoms with Crippen molar-refractivity contribution in [2.45, 2.75) is 0 Å². The van der Waals surface area contributed by atoms with Crippen LogP contribution in [0.15, 0.2) is 231 Å². The maximum absolute atomic E-state index is 5.30. The first-order valence-corrected chi connectivity index (χ1v) is 20.5. The number of benzene rings is 10. The first-order valence-electron chi connectivity index (χ1n) is 20.5. The number of hydrogen-bond donors (Lipinski definition) is 0. The molecule has 0 radical (unpaired) electrons. The van der Waals surface area contributed by atoms with E-state index in [0.29, 0.717) is 5.82 Å². The molecule has 11 aromatic rings. The molecule has 1 heterocycles. The van der Waals surface area contributed by atoms with Gasteiger partial charge in [-0.3, -0.25) is 0 Å². The SMILES string of the molecule is c1ccc(-c2ccc(-c3ccccc3)c(-c3cc(-c4cccc(-c5cccc(-c6c7ccccc7cc7c6ccc6ccccc67)c5)c4)nc(-c4ccccc4)n3)c2)cc1. The number of aromatic nitrogens is 2. The minimum Gasteiger partial charge on any atom is -0.228 e. The monoisotopic (exact) mass is 762 g/mol. The quantitative estimate of drug-likeness (QED) is 0.119. The molecule has 10 aromatic carbocycles. The van der Waals surface area contributed by atoms with Gasteiger partial charge in [0, 0.05) is 16.7 Å². The van der Waals surface area contributed by atoms with Crippen molar-refractivity contribution in [2.75, 3.05) is 0 Å². The molecule has 0 saturated carbocycles. The summed E-state index contributed by atoms with van der Waals surface area (Å²) in [5, 5.41) is 7.54. The minimum atomic E-state index is 0.690. The van der Waals surface area contributed by atoms with Gasteiger partial charge in [0.1, 0.15) is 0 Å². The highest BCUT2D eigenvalue weighted by Gasteiger charge is 2.17. The van der Waals surface area contributed by atoms with Crippen LogP contribution in [0.4, 0.5) is 0 Å². The Balaban J connectivity index is 1.07. The standard InChI is InChI=1S/C58H38N2/c1-4-16-39(17-5-1)45-31-32-50(40-18-6-2-7-19-40)54(36-45)56-38-55(59-58(60-56)42-21-8-3-9-22-42)47-26-14-24-43(34-47)44-25-15-27-48(35-44)57-51-29-13-11-23-46(51)37-53-49-28-12-10-20-41(49)30-33-52(53)57/h1-38H. The second kappa shape index (κ2) is 15.1. The molecule has 280 valence electrons. The summed E-state index contributed by atoms with van der Waals surface area (Å²) in [6, 6.07) is 82.4. The third-order valence-corrected chi connectivity index (χ3v) is 11.7. The van der Waals surface area contributed by atoms with Crippen molar-refractivity contribution in [1.29, 1.82) is 0 Å². The summed E-state index contributed by atoms with van der Waals surface area (Å²) >= 11 is 0. The second-order valence-corrected chi connectivity index (χ2v) is 15.3. The summed E-state index contributed by atoms with van der Waals surface area (Å²) < 4.78 is 0. The Morgan fingerprint density at radius 1 is 0.233 bits per heavy atom. The van der Waals surface area contributed by atoms with Crippen LogP contribution in [0.25, 0.3) is 111 Å². The Hall–Kier alpha value is -7.94. The Kier molecular flexibility index (Phi) is 8.87. The lowest BCUT2D eigenvalue weighted by atomic mass is 9.88. The van der Waals surface area contributed by atoms with Crippen LogP contribution >= 0.6 is 0 Å². The Morgan fingerprint density at radius 2 is 0.783 bits per heavy atom. The molecule has 0 spiro atoms. The van der Waals surface area contributed by atoms with Gasteiger partial charge >= 0.3 is 0 Å². The van der Waals surface area contributed by atoms with Gasteiger partial charge in [-0.2, -0.15) is 0 Å². The third kappa shape index (κ3) is 6.51. The zero-order chi connectivity index (χ0) is 39.8. The molecule has 0 aliphatic heterocycles. The highest BCUT2D eigenvalue weighted by atomic mass is 14.9. The van der Waals surface area contributed by atoms with Gasteiger partial charge in [-0.05, 0) is 107 Å². The van der Waals surface area contributed by atoms with Crippen molar-refractivity contribution in [1.82, 2.24) is 9.97 Å². The number of hydrogen-bond acceptors (Lipinski definition) is 2. The molecular weight excluding hydrogens is 725 g/mol. The van der Waals surface area contributed by atoms with Gasteiger partial charge in [-0.1, -0.05) is 200 Å². The van der Waals surface area contributed by atoms with Crippen molar-refractivity contribution in [3.05, 3.63) is 231 Å². The fourth-order valence-corrected chi connectivity index (χ4v) is 8.73. The Bertz CT molecular complexity index is 3350. The van der Waals surface area contributed by atoms with Crippen molar-refractivity contribution >= 4 is 32.3 Å². The molecule has 0 unspecified atom stereocenters. The van der Waals surface area contributed by atoms with Crippen LogP contribution in [-0.2, 0) is 0 Å². The second-order valence-electron chi connectivity index (χ2n) is 15.3. The topological polar surface area (TPSA) is 25.8 Å². The van der Waals surface area contributed by atoms with Gasteiger partial charge in [0.15, 0.2) is 5.82 Å². The molecule has 11 rings (SSSR count). The summed E-state index contributed by atoms with van der Waals surface area (Å²) in [6.07, 6.45) is 0. The van der Waals surface area contributed by atoms with E-state index < -0.39 is 0 Å². The maximum atomic E-state index is 5.30. The summed E-state index contributed by atoms with van der Waals surface area (Å²) in [5.74, 6) is 0.690. The molecule has 2 heteroatoms. The molecule has 0 atom stereocenters. The van der Waals surface area contributed by atoms with Crippen molar-refractivity contribution in [3.63, 3.8) is 0 Å². The third-order valence-electron chi connectivity index (χ3n) is 11.7. The highest BCUT2D eigenvalue weighted by Crippen LogP contribution is 2.41. The summed E-state index contributed by atoms with van der Waals surface area (Å²) in [7, 11) is 0. The molecule has 0 aliphatic rings. The van der Waals surface area contributed by atoms with E-state index in [-0.39, 0.29) is 0 Å². The van der Waals surface area contributed by atoms with E-state index in [1.807, 2.05) is 18.2 Å². The number of fused-ring (bicyclic) bond motifs is 4. The smallest absolute Gasteiger partial charge is 0.160 e. The average molecular weight is 763 g/mol. The number of rotatable bonds is 7. The molecule has 0 bridgehead atoms.